The first-order valence-corrected chi connectivity index (χ1v) is 11.0. The van der Waals surface area contributed by atoms with E-state index in [-0.39, 0.29) is 12.0 Å². The van der Waals surface area contributed by atoms with Gasteiger partial charge in [0.15, 0.2) is 0 Å². The number of rotatable bonds is 3. The minimum atomic E-state index is 0.122. The molecule has 1 aromatic rings. The molecule has 1 aliphatic heterocycles. The van der Waals surface area contributed by atoms with Gasteiger partial charge >= 0.3 is 0 Å². The average Bonchev–Trinajstić information content (AvgIpc) is 3.26. The normalized spacial score (nSPS) is 27.3. The lowest BCUT2D eigenvalue weighted by molar-refractivity contribution is -0.138. The van der Waals surface area contributed by atoms with Gasteiger partial charge in [-0.15, -0.1) is 0 Å². The number of imidazole rings is 1. The highest BCUT2D eigenvalue weighted by molar-refractivity contribution is 5.79. The van der Waals surface area contributed by atoms with Gasteiger partial charge in [0.25, 0.3) is 0 Å². The number of amides is 1. The Hall–Kier alpha value is -1.36. The molecule has 1 saturated carbocycles. The van der Waals surface area contributed by atoms with Crippen molar-refractivity contribution in [1.29, 1.82) is 0 Å². The zero-order chi connectivity index (χ0) is 20.6. The van der Waals surface area contributed by atoms with Gasteiger partial charge in [0.05, 0.1) is 11.7 Å². The number of nitrogens with two attached hydrogens (primary N) is 1. The number of carbonyl (C=O) groups is 1. The Balaban J connectivity index is 0.000000855. The summed E-state index contributed by atoms with van der Waals surface area (Å²) in [4.78, 5) is 23.2. The summed E-state index contributed by atoms with van der Waals surface area (Å²) in [7, 11) is 0. The molecule has 2 heterocycles. The fourth-order valence-electron chi connectivity index (χ4n) is 4.16. The van der Waals surface area contributed by atoms with Crippen LogP contribution >= 0.6 is 0 Å². The first-order chi connectivity index (χ1) is 13.0. The molecule has 1 aromatic heterocycles. The van der Waals surface area contributed by atoms with Crippen LogP contribution in [0.2, 0.25) is 0 Å². The number of hydrogen-bond acceptors (Lipinski definition) is 3. The van der Waals surface area contributed by atoms with Crippen LogP contribution in [0.4, 0.5) is 0 Å². The Morgan fingerprint density at radius 1 is 1.15 bits per heavy atom. The molecule has 2 atom stereocenters. The van der Waals surface area contributed by atoms with Crippen LogP contribution in [-0.2, 0) is 4.79 Å². The molecule has 1 saturated heterocycles. The number of aromatic nitrogens is 2. The summed E-state index contributed by atoms with van der Waals surface area (Å²) in [5.41, 5.74) is 7.92. The van der Waals surface area contributed by atoms with Crippen LogP contribution in [0.1, 0.15) is 90.0 Å². The topological polar surface area (TPSA) is 75.0 Å². The van der Waals surface area contributed by atoms with Crippen molar-refractivity contribution in [2.45, 2.75) is 86.6 Å². The van der Waals surface area contributed by atoms with E-state index in [4.69, 9.17) is 5.73 Å². The number of aryl methyl sites for hydroxylation is 2. The van der Waals surface area contributed by atoms with Crippen molar-refractivity contribution < 1.29 is 4.79 Å². The predicted molar refractivity (Wildman–Crippen MR) is 113 cm³/mol. The molecule has 1 amide bonds. The number of aromatic amines is 1. The van der Waals surface area contributed by atoms with Crippen LogP contribution in [0.5, 0.6) is 0 Å². The van der Waals surface area contributed by atoms with E-state index in [2.05, 4.69) is 21.8 Å². The molecule has 1 aliphatic carbocycles. The van der Waals surface area contributed by atoms with Crippen LogP contribution in [0.25, 0.3) is 0 Å². The molecular formula is C22H42N4O. The van der Waals surface area contributed by atoms with Crippen LogP contribution in [0.15, 0.2) is 0 Å². The Morgan fingerprint density at radius 2 is 1.74 bits per heavy atom. The monoisotopic (exact) mass is 378 g/mol. The number of H-pyrrole nitrogens is 1. The van der Waals surface area contributed by atoms with Crippen molar-refractivity contribution in [2.24, 2.45) is 23.5 Å². The third-order valence-corrected chi connectivity index (χ3v) is 5.78. The van der Waals surface area contributed by atoms with Gasteiger partial charge in [-0.05, 0) is 64.3 Å². The summed E-state index contributed by atoms with van der Waals surface area (Å²) < 4.78 is 0. The molecule has 2 aliphatic rings. The van der Waals surface area contributed by atoms with E-state index in [0.717, 1.165) is 62.4 Å². The smallest absolute Gasteiger partial charge is 0.226 e. The summed E-state index contributed by atoms with van der Waals surface area (Å²) >= 11 is 0. The molecule has 3 rings (SSSR count). The zero-order valence-electron chi connectivity index (χ0n) is 18.6. The van der Waals surface area contributed by atoms with Gasteiger partial charge in [-0.1, -0.05) is 34.6 Å². The lowest BCUT2D eigenvalue weighted by Crippen LogP contribution is -2.38. The van der Waals surface area contributed by atoms with E-state index in [9.17, 15) is 4.79 Å². The van der Waals surface area contributed by atoms with Crippen LogP contribution in [0.3, 0.4) is 0 Å². The summed E-state index contributed by atoms with van der Waals surface area (Å²) in [6, 6.07) is 0.122. The lowest BCUT2D eigenvalue weighted by atomic mass is 9.81. The van der Waals surface area contributed by atoms with Crippen LogP contribution in [-0.4, -0.2) is 33.9 Å². The highest BCUT2D eigenvalue weighted by Crippen LogP contribution is 2.38. The highest BCUT2D eigenvalue weighted by atomic mass is 16.2. The first-order valence-electron chi connectivity index (χ1n) is 11.0. The summed E-state index contributed by atoms with van der Waals surface area (Å²) in [6.07, 6.45) is 5.19. The second kappa shape index (κ2) is 11.5. The molecule has 156 valence electrons. The summed E-state index contributed by atoms with van der Waals surface area (Å²) in [5, 5.41) is 0. The quantitative estimate of drug-likeness (QED) is 0.796. The predicted octanol–water partition coefficient (Wildman–Crippen LogP) is 4.75. The van der Waals surface area contributed by atoms with Gasteiger partial charge in [0.1, 0.15) is 5.82 Å². The molecule has 3 N–H and O–H groups in total. The Labute approximate surface area is 166 Å². The maximum Gasteiger partial charge on any atom is 0.226 e. The zero-order valence-corrected chi connectivity index (χ0v) is 18.6. The minimum absolute atomic E-state index is 0.122. The minimum Gasteiger partial charge on any atom is -0.344 e. The first kappa shape index (κ1) is 23.7. The highest BCUT2D eigenvalue weighted by Gasteiger charge is 2.39. The molecule has 5 nitrogen and oxygen atoms in total. The van der Waals surface area contributed by atoms with Crippen LogP contribution in [0, 0.1) is 31.6 Å². The lowest BCUT2D eigenvalue weighted by Gasteiger charge is -2.32. The molecule has 0 radical (unpaired) electrons. The van der Waals surface area contributed by atoms with E-state index in [0.29, 0.717) is 17.7 Å². The molecule has 5 heteroatoms. The molecule has 2 unspecified atom stereocenters. The van der Waals surface area contributed by atoms with Crippen molar-refractivity contribution in [3.63, 3.8) is 0 Å². The average molecular weight is 379 g/mol. The number of likely N-dealkylation sites (tertiary alicyclic amines) is 1. The third kappa shape index (κ3) is 5.81. The number of carbonyl (C=O) groups excluding carboxylic acids is 1. The number of hydrogen-bond donors (Lipinski definition) is 2. The second-order valence-corrected chi connectivity index (χ2v) is 7.63. The Kier molecular flexibility index (Phi) is 10.1. The molecular weight excluding hydrogens is 336 g/mol. The fourth-order valence-corrected chi connectivity index (χ4v) is 4.16. The second-order valence-electron chi connectivity index (χ2n) is 7.63. The van der Waals surface area contributed by atoms with Crippen molar-refractivity contribution in [1.82, 2.24) is 14.9 Å². The molecule has 0 aromatic carbocycles. The van der Waals surface area contributed by atoms with Crippen molar-refractivity contribution in [3.8, 4) is 0 Å². The van der Waals surface area contributed by atoms with E-state index < -0.39 is 0 Å². The van der Waals surface area contributed by atoms with Crippen molar-refractivity contribution >= 4 is 5.91 Å². The number of nitrogens with zero attached hydrogens (tertiary/aromatic N) is 2. The van der Waals surface area contributed by atoms with Gasteiger partial charge in [-0.25, -0.2) is 4.98 Å². The van der Waals surface area contributed by atoms with E-state index in [1.807, 2.05) is 41.5 Å². The summed E-state index contributed by atoms with van der Waals surface area (Å²) in [6.45, 7) is 15.9. The fraction of sp³-hybridized carbons (Fsp3) is 0.818. The largest absolute Gasteiger partial charge is 0.344 e. The van der Waals surface area contributed by atoms with Gasteiger partial charge < -0.3 is 15.6 Å². The van der Waals surface area contributed by atoms with Crippen molar-refractivity contribution in [3.05, 3.63) is 17.2 Å². The van der Waals surface area contributed by atoms with E-state index in [1.54, 1.807) is 0 Å². The molecule has 0 spiro atoms. The van der Waals surface area contributed by atoms with Gasteiger partial charge in [0, 0.05) is 18.2 Å². The maximum atomic E-state index is 13.1. The molecule has 27 heavy (non-hydrogen) atoms. The van der Waals surface area contributed by atoms with Gasteiger partial charge in [-0.3, -0.25) is 4.79 Å². The van der Waals surface area contributed by atoms with E-state index >= 15 is 0 Å². The SMILES string of the molecule is CC.CC.Cc1nc(C2CC(C)CN2C(=O)C2CCC(CN)CC2)[nH]c1C. The Bertz CT molecular complexity index is 541. The third-order valence-electron chi connectivity index (χ3n) is 5.78. The molecule has 0 bridgehead atoms. The molecule has 2 fully saturated rings. The van der Waals surface area contributed by atoms with Gasteiger partial charge in [-0.2, -0.15) is 0 Å². The maximum absolute atomic E-state index is 13.1. The summed E-state index contributed by atoms with van der Waals surface area (Å²) in [5.74, 6) is 2.63. The van der Waals surface area contributed by atoms with E-state index in [1.165, 1.54) is 0 Å². The van der Waals surface area contributed by atoms with Crippen LogP contribution < -0.4 is 5.73 Å². The Morgan fingerprint density at radius 3 is 2.22 bits per heavy atom. The van der Waals surface area contributed by atoms with Gasteiger partial charge in [0.2, 0.25) is 5.91 Å². The number of nitrogens with one attached hydrogen (secondary N) is 1. The van der Waals surface area contributed by atoms with Crippen molar-refractivity contribution in [2.75, 3.05) is 13.1 Å². The standard InChI is InChI=1S/C18H30N4O.2C2H6/c1-11-8-16(17-20-12(2)13(3)21-17)22(10-11)18(23)15-6-4-14(9-19)5-7-15;2*1-2/h11,14-16H,4-10,19H2,1-3H3,(H,20,21);2*1-2H3.